The summed E-state index contributed by atoms with van der Waals surface area (Å²) in [4.78, 5) is 106. The van der Waals surface area contributed by atoms with Crippen molar-refractivity contribution in [2.75, 3.05) is 6.54 Å². The maximum absolute atomic E-state index is 13.7. The molecule has 1 fully saturated rings. The highest BCUT2D eigenvalue weighted by Gasteiger charge is 2.54. The topological polar surface area (TPSA) is 274 Å². The molecule has 6 atom stereocenters. The fraction of sp³-hybridized carbons (Fsp3) is 0.395. The number of carboxylic acid groups (broad SMARTS) is 2. The lowest BCUT2D eigenvalue weighted by molar-refractivity contribution is -0.152. The minimum atomic E-state index is -1.89. The molecule has 0 radical (unpaired) electrons. The van der Waals surface area contributed by atoms with Gasteiger partial charge in [0, 0.05) is 19.5 Å². The fourth-order valence-electron chi connectivity index (χ4n) is 6.23. The number of hydrogen-bond acceptors (Lipinski definition) is 11. The number of aliphatic carboxylic acids is 2. The first-order valence-electron chi connectivity index (χ1n) is 19.9. The lowest BCUT2D eigenvalue weighted by Gasteiger charge is -2.28. The summed E-state index contributed by atoms with van der Waals surface area (Å²) in [6.45, 7) is 3.76. The zero-order chi connectivity index (χ0) is 45.3. The van der Waals surface area contributed by atoms with Crippen LogP contribution in [0.15, 0.2) is 91.0 Å². The average Bonchev–Trinajstić information content (AvgIpc) is 4.04. The highest BCUT2D eigenvalue weighted by atomic mass is 16.6. The van der Waals surface area contributed by atoms with Crippen LogP contribution in [0.5, 0.6) is 0 Å². The molecule has 19 heteroatoms. The zero-order valence-corrected chi connectivity index (χ0v) is 34.5. The number of carbonyl (C=O) groups is 8. The number of alkyl carbamates (subject to hydrolysis) is 1. The van der Waals surface area contributed by atoms with Crippen LogP contribution >= 0.6 is 0 Å². The average molecular weight is 861 g/mol. The third kappa shape index (κ3) is 15.3. The van der Waals surface area contributed by atoms with Crippen LogP contribution in [0.2, 0.25) is 0 Å². The lowest BCUT2D eigenvalue weighted by Crippen LogP contribution is -2.62. The van der Waals surface area contributed by atoms with Crippen LogP contribution in [-0.4, -0.2) is 116 Å². The van der Waals surface area contributed by atoms with Gasteiger partial charge in [0.2, 0.25) is 11.8 Å². The van der Waals surface area contributed by atoms with E-state index in [0.717, 1.165) is 18.1 Å². The van der Waals surface area contributed by atoms with E-state index >= 15 is 0 Å². The molecule has 4 rings (SSSR count). The van der Waals surface area contributed by atoms with Gasteiger partial charge in [-0.1, -0.05) is 105 Å². The molecule has 0 unspecified atom stereocenters. The van der Waals surface area contributed by atoms with Crippen molar-refractivity contribution in [2.24, 2.45) is 5.92 Å². The number of aliphatic hydroxyl groups excluding tert-OH is 1. The van der Waals surface area contributed by atoms with Crippen LogP contribution in [-0.2, 0) is 62.7 Å². The molecule has 0 saturated carbocycles. The first kappa shape index (κ1) is 47.8. The van der Waals surface area contributed by atoms with Crippen LogP contribution in [0.25, 0.3) is 0 Å². The smallest absolute Gasteiger partial charge is 0.408 e. The molecular weight excluding hydrogens is 809 g/mol. The van der Waals surface area contributed by atoms with Gasteiger partial charge in [0.05, 0.1) is 6.10 Å². The number of hydrazine groups is 1. The minimum absolute atomic E-state index is 0.0843. The number of amides is 6. The Morgan fingerprint density at radius 1 is 0.661 bits per heavy atom. The normalized spacial score (nSPS) is 16.0. The van der Waals surface area contributed by atoms with E-state index in [2.05, 4.69) is 21.4 Å². The summed E-state index contributed by atoms with van der Waals surface area (Å²) in [6, 6.07) is 22.1. The molecular formula is C43H52N6O13. The largest absolute Gasteiger partial charge is 0.481 e. The summed E-state index contributed by atoms with van der Waals surface area (Å²) in [7, 11) is 0. The van der Waals surface area contributed by atoms with Gasteiger partial charge in [-0.3, -0.25) is 39.0 Å². The van der Waals surface area contributed by atoms with Gasteiger partial charge in [0.1, 0.15) is 31.3 Å². The number of rotatable bonds is 22. The van der Waals surface area contributed by atoms with Crippen LogP contribution in [0.4, 0.5) is 4.79 Å². The predicted octanol–water partition coefficient (Wildman–Crippen LogP) is 1.48. The van der Waals surface area contributed by atoms with Crippen molar-refractivity contribution in [1.29, 1.82) is 0 Å². The Morgan fingerprint density at radius 2 is 1.18 bits per heavy atom. The maximum atomic E-state index is 13.7. The van der Waals surface area contributed by atoms with E-state index in [0.29, 0.717) is 10.6 Å². The van der Waals surface area contributed by atoms with Crippen molar-refractivity contribution in [3.8, 4) is 0 Å². The molecule has 332 valence electrons. The summed E-state index contributed by atoms with van der Waals surface area (Å²) in [6.07, 6.45) is -6.47. The van der Waals surface area contributed by atoms with E-state index in [1.165, 1.54) is 4.90 Å². The zero-order valence-electron chi connectivity index (χ0n) is 34.5. The molecule has 0 bridgehead atoms. The Hall–Kier alpha value is -6.86. The molecule has 1 aliphatic heterocycles. The van der Waals surface area contributed by atoms with Crippen molar-refractivity contribution in [1.82, 2.24) is 31.3 Å². The van der Waals surface area contributed by atoms with Crippen molar-refractivity contribution in [3.05, 3.63) is 108 Å². The molecule has 1 heterocycles. The third-order valence-electron chi connectivity index (χ3n) is 9.40. The number of hydrogen-bond donors (Lipinski definition) is 7. The molecule has 1 saturated heterocycles. The second-order valence-corrected chi connectivity index (χ2v) is 15.0. The molecule has 19 nitrogen and oxygen atoms in total. The van der Waals surface area contributed by atoms with Gasteiger partial charge in [0.15, 0.2) is 12.2 Å². The highest BCUT2D eigenvalue weighted by Crippen LogP contribution is 2.28. The Labute approximate surface area is 357 Å². The van der Waals surface area contributed by atoms with E-state index in [9.17, 15) is 53.7 Å². The number of carboxylic acids is 2. The van der Waals surface area contributed by atoms with Crippen molar-refractivity contribution >= 4 is 47.6 Å². The molecule has 7 N–H and O–H groups in total. The van der Waals surface area contributed by atoms with Crippen molar-refractivity contribution < 1.29 is 63.1 Å². The molecule has 3 aromatic carbocycles. The first-order valence-corrected chi connectivity index (χ1v) is 19.9. The van der Waals surface area contributed by atoms with Gasteiger partial charge in [-0.15, -0.1) is 0 Å². The predicted molar refractivity (Wildman–Crippen MR) is 219 cm³/mol. The van der Waals surface area contributed by atoms with Gasteiger partial charge in [-0.2, -0.15) is 0 Å². The lowest BCUT2D eigenvalue weighted by atomic mass is 10.0. The molecule has 6 amide bonds. The minimum Gasteiger partial charge on any atom is -0.481 e. The number of nitrogens with zero attached hydrogens (tertiary/aromatic N) is 2. The third-order valence-corrected chi connectivity index (χ3v) is 9.40. The number of epoxide rings is 1. The monoisotopic (exact) mass is 860 g/mol. The number of carbonyl (C=O) groups excluding carboxylic acids is 6. The van der Waals surface area contributed by atoms with Crippen molar-refractivity contribution in [3.63, 3.8) is 0 Å². The summed E-state index contributed by atoms with van der Waals surface area (Å²) < 4.78 is 10.7. The van der Waals surface area contributed by atoms with E-state index in [4.69, 9.17) is 9.47 Å². The Balaban J connectivity index is 1.45. The fourth-order valence-corrected chi connectivity index (χ4v) is 6.23. The van der Waals surface area contributed by atoms with Gasteiger partial charge in [-0.25, -0.2) is 9.80 Å². The summed E-state index contributed by atoms with van der Waals surface area (Å²) in [5, 5.41) is 37.1. The second kappa shape index (κ2) is 23.2. The Bertz CT molecular complexity index is 1980. The summed E-state index contributed by atoms with van der Waals surface area (Å²) in [5.74, 6) is -8.00. The molecule has 1 aliphatic rings. The number of ether oxygens (including phenoxy) is 2. The van der Waals surface area contributed by atoms with E-state index < -0.39 is 103 Å². The van der Waals surface area contributed by atoms with Gasteiger partial charge < -0.3 is 45.6 Å². The number of nitrogens with one attached hydrogen (secondary N) is 4. The van der Waals surface area contributed by atoms with E-state index in [1.54, 1.807) is 68.4 Å². The second-order valence-electron chi connectivity index (χ2n) is 15.0. The van der Waals surface area contributed by atoms with Crippen LogP contribution in [0.1, 0.15) is 56.7 Å². The molecule has 0 aromatic heterocycles. The van der Waals surface area contributed by atoms with Crippen LogP contribution < -0.4 is 21.4 Å². The molecule has 62 heavy (non-hydrogen) atoms. The molecule has 0 aliphatic carbocycles. The van der Waals surface area contributed by atoms with E-state index in [1.807, 2.05) is 36.4 Å². The van der Waals surface area contributed by atoms with E-state index in [-0.39, 0.29) is 32.0 Å². The molecule has 3 aromatic rings. The Morgan fingerprint density at radius 3 is 1.68 bits per heavy atom. The van der Waals surface area contributed by atoms with Crippen molar-refractivity contribution in [2.45, 2.75) is 96.2 Å². The van der Waals surface area contributed by atoms with Gasteiger partial charge in [0.25, 0.3) is 17.7 Å². The number of aliphatic hydroxyl groups is 1. The van der Waals surface area contributed by atoms with Crippen LogP contribution in [0, 0.1) is 5.92 Å². The highest BCUT2D eigenvalue weighted by molar-refractivity contribution is 5.98. The maximum Gasteiger partial charge on any atom is 0.408 e. The van der Waals surface area contributed by atoms with Crippen LogP contribution in [0.3, 0.4) is 0 Å². The first-order chi connectivity index (χ1) is 29.5. The van der Waals surface area contributed by atoms with Gasteiger partial charge >= 0.3 is 18.0 Å². The standard InChI is InChI=1S/C43H52N6O13/c1-26(2)21-32(45-43(60)61-25-30-17-11-6-12-18-30)39(56)44-31(19-20-33(51)52)38(55)46-35(27(3)50)40(57)47-49(24-34(53)54)42(59)37-36(62-37)41(58)48(22-28-13-7-4-8-14-28)23-29-15-9-5-10-16-29/h4-18,26-27,31-32,35-37,50H,19-25H2,1-3H3,(H,44,56)(H,45,60)(H,46,55)(H,47,57)(H,51,52)(H,53,54)/t27-,31+,32+,35+,36+,37+/m1/s1. The van der Waals surface area contributed by atoms with Gasteiger partial charge in [-0.05, 0) is 42.4 Å². The Kier molecular flexibility index (Phi) is 17.9. The number of benzene rings is 3. The molecule has 0 spiro atoms. The quantitative estimate of drug-likeness (QED) is 0.0558. The summed E-state index contributed by atoms with van der Waals surface area (Å²) in [5.41, 5.74) is 4.35. The summed E-state index contributed by atoms with van der Waals surface area (Å²) >= 11 is 0. The SMILES string of the molecule is CC(C)C[C@H](NC(=O)OCc1ccccc1)C(=O)N[C@@H](CCC(=O)O)C(=O)N[C@H](C(=O)NN(CC(=O)O)C(=O)[C@H]1O[C@@H]1C(=O)N(Cc1ccccc1)Cc1ccccc1)[C@@H](C)O.